The van der Waals surface area contributed by atoms with E-state index in [1.165, 1.54) is 7.05 Å². The lowest BCUT2D eigenvalue weighted by molar-refractivity contribution is -0.862. The molecule has 4 amide bonds. The van der Waals surface area contributed by atoms with E-state index >= 15 is 0 Å². The number of benzene rings is 1. The standard InChI is InChI=1S/C17H21F3N4O3/c1-24(9-14(26)23-17(27)21-10-4-2-3-5-10)8-13(25)22-12-7-6-11(18)15(19)16(12)20/h6-7,10H,2-5,8-9H2,1H3,(H,22,25)(H2,21,23,26,27)/p+1. The molecule has 1 aliphatic carbocycles. The van der Waals surface area contributed by atoms with E-state index in [2.05, 4.69) is 16.0 Å². The number of quaternary nitrogens is 1. The third kappa shape index (κ3) is 6.24. The summed E-state index contributed by atoms with van der Waals surface area (Å²) in [5.41, 5.74) is -0.493. The Hall–Kier alpha value is -2.62. The van der Waals surface area contributed by atoms with Crippen LogP contribution in [-0.4, -0.2) is 44.0 Å². The van der Waals surface area contributed by atoms with Crippen LogP contribution < -0.4 is 20.9 Å². The Morgan fingerprint density at radius 2 is 1.67 bits per heavy atom. The molecule has 10 heteroatoms. The van der Waals surface area contributed by atoms with E-state index in [1.807, 2.05) is 0 Å². The van der Waals surface area contributed by atoms with E-state index in [4.69, 9.17) is 0 Å². The number of anilines is 1. The van der Waals surface area contributed by atoms with Crippen molar-refractivity contribution in [1.82, 2.24) is 10.6 Å². The highest BCUT2D eigenvalue weighted by Gasteiger charge is 2.21. The number of nitrogens with one attached hydrogen (secondary N) is 4. The summed E-state index contributed by atoms with van der Waals surface area (Å²) in [4.78, 5) is 35.8. The van der Waals surface area contributed by atoms with Crippen molar-refractivity contribution in [3.05, 3.63) is 29.6 Å². The summed E-state index contributed by atoms with van der Waals surface area (Å²) in [5.74, 6) is -5.81. The molecule has 1 fully saturated rings. The fourth-order valence-electron chi connectivity index (χ4n) is 2.89. The van der Waals surface area contributed by atoms with Gasteiger partial charge in [-0.1, -0.05) is 12.8 Å². The minimum Gasteiger partial charge on any atom is -0.335 e. The summed E-state index contributed by atoms with van der Waals surface area (Å²) in [6, 6.07) is 1.09. The van der Waals surface area contributed by atoms with Crippen molar-refractivity contribution < 1.29 is 32.5 Å². The highest BCUT2D eigenvalue weighted by atomic mass is 19.2. The summed E-state index contributed by atoms with van der Waals surface area (Å²) in [7, 11) is 1.52. The van der Waals surface area contributed by atoms with Gasteiger partial charge < -0.3 is 15.5 Å². The first-order valence-electron chi connectivity index (χ1n) is 8.61. The van der Waals surface area contributed by atoms with E-state index in [-0.39, 0.29) is 19.1 Å². The maximum atomic E-state index is 13.5. The first-order valence-corrected chi connectivity index (χ1v) is 8.61. The van der Waals surface area contributed by atoms with Crippen LogP contribution in [-0.2, 0) is 9.59 Å². The van der Waals surface area contributed by atoms with Crippen LogP contribution in [0.25, 0.3) is 0 Å². The lowest BCUT2D eigenvalue weighted by Crippen LogP contribution is -3.11. The lowest BCUT2D eigenvalue weighted by atomic mass is 10.2. The van der Waals surface area contributed by atoms with Gasteiger partial charge in [0.15, 0.2) is 30.5 Å². The molecule has 0 aromatic heterocycles. The van der Waals surface area contributed by atoms with Crippen LogP contribution in [0.15, 0.2) is 12.1 Å². The number of hydrogen-bond acceptors (Lipinski definition) is 3. The van der Waals surface area contributed by atoms with Crippen LogP contribution in [0.4, 0.5) is 23.7 Å². The van der Waals surface area contributed by atoms with Crippen molar-refractivity contribution in [1.29, 1.82) is 0 Å². The summed E-state index contributed by atoms with van der Waals surface area (Å²) in [6.45, 7) is -0.415. The van der Waals surface area contributed by atoms with Gasteiger partial charge >= 0.3 is 6.03 Å². The van der Waals surface area contributed by atoms with E-state index in [9.17, 15) is 27.6 Å². The van der Waals surface area contributed by atoms with Crippen molar-refractivity contribution in [2.24, 2.45) is 0 Å². The van der Waals surface area contributed by atoms with Gasteiger partial charge in [-0.25, -0.2) is 18.0 Å². The largest absolute Gasteiger partial charge is 0.335 e. The molecule has 1 unspecified atom stereocenters. The van der Waals surface area contributed by atoms with Gasteiger partial charge in [0.2, 0.25) is 0 Å². The quantitative estimate of drug-likeness (QED) is 0.530. The van der Waals surface area contributed by atoms with Crippen LogP contribution in [0, 0.1) is 17.5 Å². The predicted octanol–water partition coefficient (Wildman–Crippen LogP) is 0.326. The molecule has 1 aromatic carbocycles. The summed E-state index contributed by atoms with van der Waals surface area (Å²) in [6.07, 6.45) is 3.85. The molecule has 2 rings (SSSR count). The van der Waals surface area contributed by atoms with Crippen molar-refractivity contribution in [3.63, 3.8) is 0 Å². The fraction of sp³-hybridized carbons (Fsp3) is 0.471. The third-order valence-corrected chi connectivity index (χ3v) is 4.18. The van der Waals surface area contributed by atoms with E-state index in [1.54, 1.807) is 0 Å². The molecule has 1 aromatic rings. The number of carbonyl (C=O) groups is 3. The predicted molar refractivity (Wildman–Crippen MR) is 90.5 cm³/mol. The molecule has 148 valence electrons. The van der Waals surface area contributed by atoms with Crippen LogP contribution in [0.1, 0.15) is 25.7 Å². The normalized spacial score (nSPS) is 15.3. The maximum Gasteiger partial charge on any atom is 0.321 e. The Morgan fingerprint density at radius 1 is 1.04 bits per heavy atom. The number of amides is 4. The Balaban J connectivity index is 1.76. The first kappa shape index (κ1) is 20.7. The second-order valence-corrected chi connectivity index (χ2v) is 6.58. The van der Waals surface area contributed by atoms with Gasteiger partial charge in [0.05, 0.1) is 12.7 Å². The fourth-order valence-corrected chi connectivity index (χ4v) is 2.89. The summed E-state index contributed by atoms with van der Waals surface area (Å²) >= 11 is 0. The molecule has 0 saturated heterocycles. The molecule has 7 nitrogen and oxygen atoms in total. The Labute approximate surface area is 154 Å². The van der Waals surface area contributed by atoms with E-state index in [0.717, 1.165) is 31.7 Å². The molecule has 1 saturated carbocycles. The van der Waals surface area contributed by atoms with Crippen molar-refractivity contribution in [2.45, 2.75) is 31.7 Å². The van der Waals surface area contributed by atoms with Crippen LogP contribution >= 0.6 is 0 Å². The zero-order valence-electron chi connectivity index (χ0n) is 14.8. The number of hydrogen-bond donors (Lipinski definition) is 4. The zero-order chi connectivity index (χ0) is 20.0. The molecule has 1 atom stereocenters. The Bertz CT molecular complexity index is 724. The number of imide groups is 1. The number of carbonyl (C=O) groups excluding carboxylic acids is 3. The molecule has 4 N–H and O–H groups in total. The van der Waals surface area contributed by atoms with Crippen LogP contribution in [0.2, 0.25) is 0 Å². The molecule has 0 spiro atoms. The highest BCUT2D eigenvalue weighted by molar-refractivity contribution is 5.95. The molecule has 1 aliphatic rings. The van der Waals surface area contributed by atoms with Crippen LogP contribution in [0.5, 0.6) is 0 Å². The number of urea groups is 1. The van der Waals surface area contributed by atoms with E-state index in [0.29, 0.717) is 11.0 Å². The van der Waals surface area contributed by atoms with Gasteiger partial charge in [0.25, 0.3) is 11.8 Å². The minimum absolute atomic E-state index is 0.0691. The molecular weight excluding hydrogens is 365 g/mol. The second kappa shape index (κ2) is 9.36. The van der Waals surface area contributed by atoms with Crippen molar-refractivity contribution in [2.75, 3.05) is 25.5 Å². The topological polar surface area (TPSA) is 91.7 Å². The smallest absolute Gasteiger partial charge is 0.321 e. The molecule has 0 heterocycles. The van der Waals surface area contributed by atoms with Gasteiger partial charge in [-0.3, -0.25) is 14.9 Å². The summed E-state index contributed by atoms with van der Waals surface area (Å²) in [5, 5.41) is 7.01. The van der Waals surface area contributed by atoms with Gasteiger partial charge in [-0.2, -0.15) is 0 Å². The molecule has 0 radical (unpaired) electrons. The Morgan fingerprint density at radius 3 is 2.33 bits per heavy atom. The average molecular weight is 387 g/mol. The molecule has 0 aliphatic heterocycles. The zero-order valence-corrected chi connectivity index (χ0v) is 14.8. The van der Waals surface area contributed by atoms with Gasteiger partial charge in [-0.05, 0) is 25.0 Å². The molecular formula is C17H22F3N4O3+. The second-order valence-electron chi connectivity index (χ2n) is 6.58. The highest BCUT2D eigenvalue weighted by Crippen LogP contribution is 2.19. The molecule has 0 bridgehead atoms. The van der Waals surface area contributed by atoms with Gasteiger partial charge in [0, 0.05) is 6.04 Å². The van der Waals surface area contributed by atoms with Crippen LogP contribution in [0.3, 0.4) is 0 Å². The molecule has 27 heavy (non-hydrogen) atoms. The van der Waals surface area contributed by atoms with Gasteiger partial charge in [0.1, 0.15) is 0 Å². The monoisotopic (exact) mass is 387 g/mol. The Kier molecular flexibility index (Phi) is 7.17. The number of rotatable bonds is 6. The minimum atomic E-state index is -1.68. The summed E-state index contributed by atoms with van der Waals surface area (Å²) < 4.78 is 39.6. The first-order chi connectivity index (χ1) is 12.8. The maximum absolute atomic E-state index is 13.5. The van der Waals surface area contributed by atoms with Crippen molar-refractivity contribution in [3.8, 4) is 0 Å². The SMILES string of the molecule is C[NH+](CC(=O)NC(=O)NC1CCCC1)CC(=O)Nc1ccc(F)c(F)c1F. The van der Waals surface area contributed by atoms with Gasteiger partial charge in [-0.15, -0.1) is 0 Å². The number of likely N-dealkylation sites (N-methyl/N-ethyl adjacent to an activating group) is 1. The third-order valence-electron chi connectivity index (χ3n) is 4.18. The van der Waals surface area contributed by atoms with Crippen molar-refractivity contribution >= 4 is 23.5 Å². The average Bonchev–Trinajstić information content (AvgIpc) is 3.07. The van der Waals surface area contributed by atoms with E-state index < -0.39 is 41.0 Å². The lowest BCUT2D eigenvalue weighted by Gasteiger charge is -2.15. The number of halogens is 3.